The lowest BCUT2D eigenvalue weighted by atomic mass is 9.92. The molecule has 2 heterocycles. The van der Waals surface area contributed by atoms with Crippen LogP contribution in [0.4, 0.5) is 17.1 Å². The fourth-order valence-corrected chi connectivity index (χ4v) is 11.5. The molecule has 0 unspecified atom stereocenters. The van der Waals surface area contributed by atoms with Gasteiger partial charge in [0.15, 0.2) is 0 Å². The Morgan fingerprint density at radius 1 is 0.333 bits per heavy atom. The number of hydrogen-bond donors (Lipinski definition) is 0. The first kappa shape index (κ1) is 37.2. The maximum atomic E-state index is 5.32. The minimum Gasteiger partial charge on any atom is -0.310 e. The predicted octanol–water partition coefficient (Wildman–Crippen LogP) is 17.6. The van der Waals surface area contributed by atoms with Gasteiger partial charge in [0.05, 0.1) is 10.2 Å². The van der Waals surface area contributed by atoms with Crippen molar-refractivity contribution < 1.29 is 0 Å². The molecule has 2 aromatic heterocycles. The molecular formula is C59H38N2S2. The van der Waals surface area contributed by atoms with E-state index in [1.807, 2.05) is 11.3 Å². The van der Waals surface area contributed by atoms with Crippen molar-refractivity contribution in [3.8, 4) is 55.1 Å². The molecule has 10 aromatic carbocycles. The van der Waals surface area contributed by atoms with Gasteiger partial charge in [-0.1, -0.05) is 182 Å². The lowest BCUT2D eigenvalue weighted by Crippen LogP contribution is -2.10. The van der Waals surface area contributed by atoms with Crippen LogP contribution in [0, 0.1) is 0 Å². The lowest BCUT2D eigenvalue weighted by molar-refractivity contribution is 1.28. The van der Waals surface area contributed by atoms with Gasteiger partial charge in [-0.25, -0.2) is 4.98 Å². The fourth-order valence-electron chi connectivity index (χ4n) is 9.09. The normalized spacial score (nSPS) is 11.5. The molecule has 0 N–H and O–H groups in total. The smallest absolute Gasteiger partial charge is 0.124 e. The first-order valence-corrected chi connectivity index (χ1v) is 22.9. The average molecular weight is 839 g/mol. The van der Waals surface area contributed by atoms with Crippen LogP contribution in [0.5, 0.6) is 0 Å². The summed E-state index contributed by atoms with van der Waals surface area (Å²) in [7, 11) is 0. The van der Waals surface area contributed by atoms with E-state index in [-0.39, 0.29) is 0 Å². The third kappa shape index (κ3) is 6.68. The first-order valence-electron chi connectivity index (χ1n) is 21.3. The molecule has 0 bridgehead atoms. The molecule has 0 aliphatic carbocycles. The van der Waals surface area contributed by atoms with Gasteiger partial charge in [0.25, 0.3) is 0 Å². The topological polar surface area (TPSA) is 16.1 Å². The van der Waals surface area contributed by atoms with Crippen molar-refractivity contribution in [2.45, 2.75) is 0 Å². The van der Waals surface area contributed by atoms with E-state index < -0.39 is 0 Å². The van der Waals surface area contributed by atoms with E-state index in [9.17, 15) is 0 Å². The van der Waals surface area contributed by atoms with Crippen molar-refractivity contribution in [1.29, 1.82) is 0 Å². The number of thiophene rings is 1. The summed E-state index contributed by atoms with van der Waals surface area (Å²) >= 11 is 3.67. The molecule has 12 rings (SSSR count). The Balaban J connectivity index is 1.07. The zero-order chi connectivity index (χ0) is 41.7. The molecule has 0 amide bonds. The zero-order valence-corrected chi connectivity index (χ0v) is 35.8. The highest BCUT2D eigenvalue weighted by molar-refractivity contribution is 7.27. The second-order valence-corrected chi connectivity index (χ2v) is 17.9. The molecule has 0 saturated heterocycles. The summed E-state index contributed by atoms with van der Waals surface area (Å²) < 4.78 is 3.77. The highest BCUT2D eigenvalue weighted by atomic mass is 32.1. The lowest BCUT2D eigenvalue weighted by Gasteiger charge is -2.27. The molecule has 296 valence electrons. The Bertz CT molecular complexity index is 3590. The van der Waals surface area contributed by atoms with E-state index in [1.54, 1.807) is 11.3 Å². The molecule has 0 aliphatic rings. The van der Waals surface area contributed by atoms with Gasteiger partial charge in [-0.05, 0) is 98.2 Å². The van der Waals surface area contributed by atoms with Crippen LogP contribution in [0.25, 0.3) is 96.2 Å². The van der Waals surface area contributed by atoms with Crippen LogP contribution in [0.2, 0.25) is 0 Å². The van der Waals surface area contributed by atoms with Crippen molar-refractivity contribution in [1.82, 2.24) is 4.98 Å². The Hall–Kier alpha value is -7.63. The van der Waals surface area contributed by atoms with Gasteiger partial charge in [0, 0.05) is 48.4 Å². The van der Waals surface area contributed by atoms with Crippen molar-refractivity contribution in [2.75, 3.05) is 4.90 Å². The Morgan fingerprint density at radius 3 is 1.62 bits per heavy atom. The van der Waals surface area contributed by atoms with Crippen molar-refractivity contribution in [3.05, 3.63) is 231 Å². The number of benzene rings is 10. The largest absolute Gasteiger partial charge is 0.310 e. The van der Waals surface area contributed by atoms with Gasteiger partial charge in [-0.15, -0.1) is 22.7 Å². The van der Waals surface area contributed by atoms with Crippen LogP contribution >= 0.6 is 22.7 Å². The number of anilines is 3. The highest BCUT2D eigenvalue weighted by Gasteiger charge is 2.23. The molecule has 0 spiro atoms. The highest BCUT2D eigenvalue weighted by Crippen LogP contribution is 2.50. The number of rotatable bonds is 8. The average Bonchev–Trinajstić information content (AvgIpc) is 3.96. The molecule has 0 fully saturated rings. The van der Waals surface area contributed by atoms with Gasteiger partial charge >= 0.3 is 0 Å². The van der Waals surface area contributed by atoms with Gasteiger partial charge in [0.1, 0.15) is 5.01 Å². The number of nitrogens with zero attached hydrogens (tertiary/aromatic N) is 2. The number of hydrogen-bond acceptors (Lipinski definition) is 4. The maximum absolute atomic E-state index is 5.32. The van der Waals surface area contributed by atoms with Gasteiger partial charge in [-0.3, -0.25) is 0 Å². The van der Waals surface area contributed by atoms with Gasteiger partial charge in [-0.2, -0.15) is 0 Å². The standard InChI is InChI=1S/C59H38N2S2/c1-4-15-39(16-5-1)40-27-31-45(32-28-40)61(46-33-29-43(30-34-46)49-25-14-22-41-19-10-11-23-48(41)49)47-35-36-51(52(37-47)42-17-6-2-7-18-42)56-57-53(50-24-12-13-26-55(50)62-57)38-54-58(56)63-59(60-54)44-20-8-3-9-21-44/h1-38H. The van der Waals surface area contributed by atoms with Crippen LogP contribution in [0.1, 0.15) is 0 Å². The third-order valence-corrected chi connectivity index (χ3v) is 14.5. The minimum absolute atomic E-state index is 1.03. The Morgan fingerprint density at radius 2 is 0.889 bits per heavy atom. The second kappa shape index (κ2) is 15.7. The maximum Gasteiger partial charge on any atom is 0.124 e. The molecule has 0 aliphatic heterocycles. The summed E-state index contributed by atoms with van der Waals surface area (Å²) in [5, 5.41) is 6.04. The van der Waals surface area contributed by atoms with Gasteiger partial charge < -0.3 is 4.90 Å². The van der Waals surface area contributed by atoms with Crippen molar-refractivity contribution in [2.24, 2.45) is 0 Å². The zero-order valence-electron chi connectivity index (χ0n) is 34.2. The molecular weight excluding hydrogens is 801 g/mol. The summed E-state index contributed by atoms with van der Waals surface area (Å²) in [6.45, 7) is 0. The number of thiazole rings is 1. The van der Waals surface area contributed by atoms with Crippen LogP contribution < -0.4 is 4.90 Å². The Kier molecular flexibility index (Phi) is 9.25. The molecule has 12 aromatic rings. The van der Waals surface area contributed by atoms with Crippen LogP contribution in [-0.2, 0) is 0 Å². The van der Waals surface area contributed by atoms with E-state index >= 15 is 0 Å². The molecule has 0 atom stereocenters. The van der Waals surface area contributed by atoms with Gasteiger partial charge in [0.2, 0.25) is 0 Å². The van der Waals surface area contributed by atoms with Crippen LogP contribution in [0.15, 0.2) is 231 Å². The predicted molar refractivity (Wildman–Crippen MR) is 272 cm³/mol. The summed E-state index contributed by atoms with van der Waals surface area (Å²) in [4.78, 5) is 7.72. The molecule has 63 heavy (non-hydrogen) atoms. The van der Waals surface area contributed by atoms with Crippen LogP contribution in [-0.4, -0.2) is 4.98 Å². The number of aromatic nitrogens is 1. The Labute approximate surface area is 374 Å². The molecule has 2 nitrogen and oxygen atoms in total. The van der Waals surface area contributed by atoms with E-state index in [4.69, 9.17) is 4.98 Å². The number of fused-ring (bicyclic) bond motifs is 5. The SMILES string of the molecule is c1ccc(-c2ccc(N(c3ccc(-c4cccc5ccccc45)cc3)c3ccc(-c4c5sc(-c6ccccc6)nc5cc5c4sc4ccccc45)c(-c4ccccc4)c3)cc2)cc1. The fraction of sp³-hybridized carbons (Fsp3) is 0. The quantitative estimate of drug-likeness (QED) is 0.152. The summed E-state index contributed by atoms with van der Waals surface area (Å²) in [5.41, 5.74) is 15.0. The van der Waals surface area contributed by atoms with E-state index in [0.29, 0.717) is 0 Å². The molecule has 4 heteroatoms. The second-order valence-electron chi connectivity index (χ2n) is 15.9. The van der Waals surface area contributed by atoms with E-state index in [0.717, 1.165) is 33.1 Å². The minimum atomic E-state index is 1.03. The van der Waals surface area contributed by atoms with Crippen molar-refractivity contribution >= 4 is 80.9 Å². The summed E-state index contributed by atoms with van der Waals surface area (Å²) in [6, 6.07) is 83.5. The summed E-state index contributed by atoms with van der Waals surface area (Å²) in [6.07, 6.45) is 0. The third-order valence-electron chi connectivity index (χ3n) is 12.1. The van der Waals surface area contributed by atoms with E-state index in [1.165, 1.54) is 80.2 Å². The first-order chi connectivity index (χ1) is 31.2. The monoisotopic (exact) mass is 838 g/mol. The molecule has 0 saturated carbocycles. The van der Waals surface area contributed by atoms with Crippen LogP contribution in [0.3, 0.4) is 0 Å². The summed E-state index contributed by atoms with van der Waals surface area (Å²) in [5.74, 6) is 0. The molecule has 0 radical (unpaired) electrons. The van der Waals surface area contributed by atoms with E-state index in [2.05, 4.69) is 235 Å². The van der Waals surface area contributed by atoms with Crippen molar-refractivity contribution in [3.63, 3.8) is 0 Å².